The van der Waals surface area contributed by atoms with Crippen LogP contribution >= 0.6 is 0 Å². The highest BCUT2D eigenvalue weighted by molar-refractivity contribution is 7.92. The first-order valence-corrected chi connectivity index (χ1v) is 8.56. The molecule has 2 amide bonds. The van der Waals surface area contributed by atoms with Crippen molar-refractivity contribution in [3.8, 4) is 0 Å². The Balaban J connectivity index is 1.85. The molecule has 0 aromatic heterocycles. The minimum absolute atomic E-state index is 0.0714. The van der Waals surface area contributed by atoms with Crippen LogP contribution in [0.5, 0.6) is 0 Å². The zero-order valence-corrected chi connectivity index (χ0v) is 12.1. The van der Waals surface area contributed by atoms with Gasteiger partial charge in [0.2, 0.25) is 0 Å². The maximum absolute atomic E-state index is 12.0. The van der Waals surface area contributed by atoms with Crippen molar-refractivity contribution in [2.24, 2.45) is 5.92 Å². The molecule has 8 heteroatoms. The number of amides is 2. The van der Waals surface area contributed by atoms with E-state index < -0.39 is 27.1 Å². The molecular formula is C12H20N2O5S. The molecule has 1 heterocycles. The number of aliphatic carboxylic acids is 1. The number of nitrogens with zero attached hydrogens (tertiary/aromatic N) is 1. The normalized spacial score (nSPS) is 24.3. The number of carbonyl (C=O) groups excluding carboxylic acids is 1. The van der Waals surface area contributed by atoms with E-state index in [0.29, 0.717) is 25.3 Å². The van der Waals surface area contributed by atoms with E-state index >= 15 is 0 Å². The van der Waals surface area contributed by atoms with Crippen molar-refractivity contribution in [3.63, 3.8) is 0 Å². The molecule has 1 aliphatic heterocycles. The number of carboxylic acid groups (broad SMARTS) is 1. The van der Waals surface area contributed by atoms with Gasteiger partial charge in [-0.3, -0.25) is 4.79 Å². The molecule has 0 spiro atoms. The Morgan fingerprint density at radius 1 is 1.25 bits per heavy atom. The molecule has 1 aliphatic carbocycles. The predicted octanol–water partition coefficient (Wildman–Crippen LogP) is 0.0698. The molecule has 0 aromatic carbocycles. The van der Waals surface area contributed by atoms with Gasteiger partial charge in [0.15, 0.2) is 9.84 Å². The van der Waals surface area contributed by atoms with Gasteiger partial charge in [-0.15, -0.1) is 0 Å². The summed E-state index contributed by atoms with van der Waals surface area (Å²) in [5.74, 6) is -0.501. The molecular weight excluding hydrogens is 284 g/mol. The van der Waals surface area contributed by atoms with Gasteiger partial charge >= 0.3 is 12.0 Å². The van der Waals surface area contributed by atoms with Gasteiger partial charge < -0.3 is 15.3 Å². The molecule has 2 rings (SSSR count). The number of hydrogen-bond donors (Lipinski definition) is 2. The minimum atomic E-state index is -3.09. The average Bonchev–Trinajstić information content (AvgIpc) is 3.09. The van der Waals surface area contributed by atoms with Crippen LogP contribution in [0.25, 0.3) is 0 Å². The van der Waals surface area contributed by atoms with Crippen molar-refractivity contribution >= 4 is 21.8 Å². The quantitative estimate of drug-likeness (QED) is 0.722. The molecule has 1 saturated carbocycles. The van der Waals surface area contributed by atoms with Gasteiger partial charge in [-0.1, -0.05) is 0 Å². The molecule has 1 unspecified atom stereocenters. The van der Waals surface area contributed by atoms with E-state index in [-0.39, 0.29) is 18.8 Å². The van der Waals surface area contributed by atoms with E-state index in [2.05, 4.69) is 5.32 Å². The van der Waals surface area contributed by atoms with Gasteiger partial charge in [0.05, 0.1) is 11.0 Å². The second-order valence-electron chi connectivity index (χ2n) is 5.53. The van der Waals surface area contributed by atoms with Crippen LogP contribution in [0, 0.1) is 5.92 Å². The lowest BCUT2D eigenvalue weighted by molar-refractivity contribution is -0.137. The van der Waals surface area contributed by atoms with Crippen LogP contribution in [0.4, 0.5) is 4.79 Å². The van der Waals surface area contributed by atoms with E-state index in [4.69, 9.17) is 5.11 Å². The van der Waals surface area contributed by atoms with Crippen molar-refractivity contribution in [2.75, 3.05) is 25.4 Å². The van der Waals surface area contributed by atoms with Crippen molar-refractivity contribution in [2.45, 2.75) is 30.9 Å². The van der Waals surface area contributed by atoms with E-state index in [0.717, 1.165) is 12.8 Å². The summed E-state index contributed by atoms with van der Waals surface area (Å²) in [6.45, 7) is 0.150. The van der Waals surface area contributed by atoms with Crippen LogP contribution in [0.15, 0.2) is 0 Å². The number of sulfone groups is 1. The predicted molar refractivity (Wildman–Crippen MR) is 72.1 cm³/mol. The highest BCUT2D eigenvalue weighted by Gasteiger charge is 2.33. The molecule has 1 atom stereocenters. The Labute approximate surface area is 118 Å². The van der Waals surface area contributed by atoms with Crippen molar-refractivity contribution < 1.29 is 23.1 Å². The van der Waals surface area contributed by atoms with E-state index in [1.54, 1.807) is 0 Å². The lowest BCUT2D eigenvalue weighted by Gasteiger charge is -2.22. The van der Waals surface area contributed by atoms with Crippen LogP contribution in [-0.2, 0) is 14.6 Å². The Kier molecular flexibility index (Phi) is 4.52. The molecule has 2 N–H and O–H groups in total. The highest BCUT2D eigenvalue weighted by atomic mass is 32.2. The number of rotatable bonds is 6. The Hall–Kier alpha value is -1.31. The average molecular weight is 304 g/mol. The molecule has 20 heavy (non-hydrogen) atoms. The molecule has 0 radical (unpaired) electrons. The highest BCUT2D eigenvalue weighted by Crippen LogP contribution is 2.29. The molecule has 114 valence electrons. The topological polar surface area (TPSA) is 104 Å². The molecule has 0 bridgehead atoms. The fourth-order valence-corrected chi connectivity index (χ4v) is 4.16. The molecule has 2 aliphatic rings. The van der Waals surface area contributed by atoms with Crippen molar-refractivity contribution in [1.29, 1.82) is 0 Å². The van der Waals surface area contributed by atoms with Crippen LogP contribution in [0.3, 0.4) is 0 Å². The summed E-state index contributed by atoms with van der Waals surface area (Å²) in [4.78, 5) is 24.0. The summed E-state index contributed by atoms with van der Waals surface area (Å²) < 4.78 is 23.3. The maximum Gasteiger partial charge on any atom is 0.323 e. The summed E-state index contributed by atoms with van der Waals surface area (Å²) >= 11 is 0. The number of urea groups is 1. The molecule has 2 fully saturated rings. The molecule has 1 saturated heterocycles. The lowest BCUT2D eigenvalue weighted by Crippen LogP contribution is -2.46. The first-order chi connectivity index (χ1) is 9.38. The van der Waals surface area contributed by atoms with Gasteiger partial charge in [-0.05, 0) is 31.6 Å². The Bertz CT molecular complexity index is 486. The second kappa shape index (κ2) is 5.99. The third-order valence-corrected chi connectivity index (χ3v) is 6.01. The summed E-state index contributed by atoms with van der Waals surface area (Å²) in [5, 5.41) is 10.8. The Morgan fingerprint density at radius 3 is 2.45 bits per heavy atom. The minimum Gasteiger partial charge on any atom is -0.480 e. The van der Waals surface area contributed by atoms with Gasteiger partial charge in [-0.25, -0.2) is 13.2 Å². The van der Waals surface area contributed by atoms with Crippen LogP contribution in [0.1, 0.15) is 25.7 Å². The SMILES string of the molecule is O=C(O)CN(CC1CC1)C(=O)NCC1CCCS1(=O)=O. The van der Waals surface area contributed by atoms with E-state index in [9.17, 15) is 18.0 Å². The molecule has 7 nitrogen and oxygen atoms in total. The zero-order chi connectivity index (χ0) is 14.8. The standard InChI is InChI=1S/C12H20N2O5S/c15-11(16)8-14(7-9-3-4-9)12(17)13-6-10-2-1-5-20(10,18)19/h9-10H,1-8H2,(H,13,17)(H,15,16). The number of nitrogens with one attached hydrogen (secondary N) is 1. The van der Waals surface area contributed by atoms with Gasteiger partial charge in [0.25, 0.3) is 0 Å². The lowest BCUT2D eigenvalue weighted by atomic mass is 10.2. The van der Waals surface area contributed by atoms with Crippen LogP contribution in [-0.4, -0.2) is 61.1 Å². The maximum atomic E-state index is 12.0. The number of carbonyl (C=O) groups is 2. The summed E-state index contributed by atoms with van der Waals surface area (Å²) in [6, 6.07) is -0.485. The second-order valence-corrected chi connectivity index (χ2v) is 7.94. The first-order valence-electron chi connectivity index (χ1n) is 6.84. The van der Waals surface area contributed by atoms with E-state index in [1.807, 2.05) is 0 Å². The number of carboxylic acids is 1. The van der Waals surface area contributed by atoms with Crippen LogP contribution < -0.4 is 5.32 Å². The summed E-state index contributed by atoms with van der Waals surface area (Å²) in [6.07, 6.45) is 3.22. The fourth-order valence-electron chi connectivity index (χ4n) is 2.40. The largest absolute Gasteiger partial charge is 0.480 e. The van der Waals surface area contributed by atoms with Crippen molar-refractivity contribution in [3.05, 3.63) is 0 Å². The van der Waals surface area contributed by atoms with Crippen molar-refractivity contribution in [1.82, 2.24) is 10.2 Å². The summed E-state index contributed by atoms with van der Waals surface area (Å²) in [5.41, 5.74) is 0. The number of hydrogen-bond acceptors (Lipinski definition) is 4. The smallest absolute Gasteiger partial charge is 0.323 e. The van der Waals surface area contributed by atoms with Gasteiger partial charge in [0.1, 0.15) is 6.54 Å². The summed E-state index contributed by atoms with van der Waals surface area (Å²) in [7, 11) is -3.09. The third kappa shape index (κ3) is 4.09. The van der Waals surface area contributed by atoms with E-state index in [1.165, 1.54) is 4.90 Å². The van der Waals surface area contributed by atoms with Gasteiger partial charge in [0, 0.05) is 13.1 Å². The fraction of sp³-hybridized carbons (Fsp3) is 0.833. The third-order valence-electron chi connectivity index (χ3n) is 3.73. The van der Waals surface area contributed by atoms with Gasteiger partial charge in [-0.2, -0.15) is 0 Å². The Morgan fingerprint density at radius 2 is 1.95 bits per heavy atom. The molecule has 0 aromatic rings. The van der Waals surface area contributed by atoms with Crippen LogP contribution in [0.2, 0.25) is 0 Å². The first kappa shape index (κ1) is 15.1. The monoisotopic (exact) mass is 304 g/mol. The zero-order valence-electron chi connectivity index (χ0n) is 11.2.